The van der Waals surface area contributed by atoms with Crippen LogP contribution < -0.4 is 0 Å². The van der Waals surface area contributed by atoms with E-state index in [4.69, 9.17) is 0 Å². The molecule has 14 heavy (non-hydrogen) atoms. The van der Waals surface area contributed by atoms with Gasteiger partial charge in [0, 0.05) is 0 Å². The van der Waals surface area contributed by atoms with Crippen molar-refractivity contribution in [3.8, 4) is 16.9 Å². The molecule has 68 valence electrons. The first-order valence-corrected chi connectivity index (χ1v) is 4.75. The van der Waals surface area contributed by atoms with Gasteiger partial charge in [0.25, 0.3) is 0 Å². The average molecular weight is 182 g/mol. The van der Waals surface area contributed by atoms with Gasteiger partial charge in [-0.25, -0.2) is 0 Å². The summed E-state index contributed by atoms with van der Waals surface area (Å²) in [5, 5.41) is 9.42. The van der Waals surface area contributed by atoms with Crippen molar-refractivity contribution in [2.75, 3.05) is 0 Å². The molecule has 0 amide bonds. The topological polar surface area (TPSA) is 20.2 Å². The number of phenols is 1. The summed E-state index contributed by atoms with van der Waals surface area (Å²) in [6.07, 6.45) is 0.992. The average Bonchev–Trinajstić information content (AvgIpc) is 2.56. The highest BCUT2D eigenvalue weighted by Crippen LogP contribution is 2.37. The van der Waals surface area contributed by atoms with Gasteiger partial charge in [0.05, 0.1) is 0 Å². The fourth-order valence-corrected chi connectivity index (χ4v) is 2.11. The zero-order chi connectivity index (χ0) is 9.54. The van der Waals surface area contributed by atoms with Gasteiger partial charge in [-0.15, -0.1) is 0 Å². The van der Waals surface area contributed by atoms with E-state index in [9.17, 15) is 5.11 Å². The van der Waals surface area contributed by atoms with E-state index in [0.29, 0.717) is 5.75 Å². The molecule has 0 atom stereocenters. The summed E-state index contributed by atoms with van der Waals surface area (Å²) in [5.41, 5.74) is 5.11. The van der Waals surface area contributed by atoms with E-state index in [0.717, 1.165) is 6.42 Å². The summed E-state index contributed by atoms with van der Waals surface area (Å²) in [6, 6.07) is 14.0. The maximum atomic E-state index is 9.42. The predicted molar refractivity (Wildman–Crippen MR) is 56.3 cm³/mol. The van der Waals surface area contributed by atoms with E-state index in [2.05, 4.69) is 18.2 Å². The van der Waals surface area contributed by atoms with Gasteiger partial charge >= 0.3 is 0 Å². The van der Waals surface area contributed by atoms with Crippen LogP contribution in [0.15, 0.2) is 42.5 Å². The van der Waals surface area contributed by atoms with Crippen molar-refractivity contribution in [1.29, 1.82) is 0 Å². The Bertz CT molecular complexity index is 500. The van der Waals surface area contributed by atoms with E-state index in [-0.39, 0.29) is 0 Å². The lowest BCUT2D eigenvalue weighted by atomic mass is 10.1. The molecule has 0 aromatic heterocycles. The number of hydrogen-bond donors (Lipinski definition) is 1. The molecule has 0 heterocycles. The summed E-state index contributed by atoms with van der Waals surface area (Å²) in [7, 11) is 0. The van der Waals surface area contributed by atoms with Crippen molar-refractivity contribution in [1.82, 2.24) is 0 Å². The molecular formula is C13H10O. The lowest BCUT2D eigenvalue weighted by Gasteiger charge is -2.00. The standard InChI is InChI=1S/C13H10O/c14-11-6-5-10-7-9-3-1-2-4-12(9)13(10)8-11/h1-6,8,14H,7H2. The molecule has 1 aliphatic rings. The SMILES string of the molecule is Oc1ccc2c(c1)-c1ccccc1C2. The lowest BCUT2D eigenvalue weighted by molar-refractivity contribution is 0.475. The number of phenolic OH excluding ortho intramolecular Hbond substituents is 1. The molecule has 0 aliphatic heterocycles. The van der Waals surface area contributed by atoms with Crippen LogP contribution in [0, 0.1) is 0 Å². The molecule has 1 heteroatoms. The first kappa shape index (κ1) is 7.63. The van der Waals surface area contributed by atoms with Crippen molar-refractivity contribution in [3.63, 3.8) is 0 Å². The van der Waals surface area contributed by atoms with Gasteiger partial charge in [0.15, 0.2) is 0 Å². The van der Waals surface area contributed by atoms with E-state index in [1.165, 1.54) is 22.3 Å². The van der Waals surface area contributed by atoms with Crippen LogP contribution in [0.1, 0.15) is 11.1 Å². The highest BCUT2D eigenvalue weighted by atomic mass is 16.3. The molecule has 1 nitrogen and oxygen atoms in total. The minimum absolute atomic E-state index is 0.348. The summed E-state index contributed by atoms with van der Waals surface area (Å²) in [4.78, 5) is 0. The van der Waals surface area contributed by atoms with Crippen LogP contribution >= 0.6 is 0 Å². The molecule has 0 unspecified atom stereocenters. The molecular weight excluding hydrogens is 172 g/mol. The zero-order valence-corrected chi connectivity index (χ0v) is 7.70. The summed E-state index contributed by atoms with van der Waals surface area (Å²) < 4.78 is 0. The Balaban J connectivity index is 2.30. The molecule has 1 N–H and O–H groups in total. The van der Waals surface area contributed by atoms with Crippen molar-refractivity contribution in [2.24, 2.45) is 0 Å². The molecule has 2 aromatic carbocycles. The third-order valence-corrected chi connectivity index (χ3v) is 2.78. The van der Waals surface area contributed by atoms with Crippen molar-refractivity contribution < 1.29 is 5.11 Å². The van der Waals surface area contributed by atoms with Crippen LogP contribution in [0.2, 0.25) is 0 Å². The normalized spacial score (nSPS) is 12.3. The van der Waals surface area contributed by atoms with Crippen LogP contribution in [0.5, 0.6) is 5.75 Å². The largest absolute Gasteiger partial charge is 0.508 e. The van der Waals surface area contributed by atoms with Crippen LogP contribution in [0.3, 0.4) is 0 Å². The minimum atomic E-state index is 0.348. The van der Waals surface area contributed by atoms with E-state index in [1.807, 2.05) is 18.2 Å². The van der Waals surface area contributed by atoms with Gasteiger partial charge < -0.3 is 5.11 Å². The molecule has 0 saturated carbocycles. The first-order chi connectivity index (χ1) is 6.84. The number of benzene rings is 2. The third kappa shape index (κ3) is 0.956. The minimum Gasteiger partial charge on any atom is -0.508 e. The van der Waals surface area contributed by atoms with Gasteiger partial charge in [-0.2, -0.15) is 0 Å². The van der Waals surface area contributed by atoms with Crippen LogP contribution in [0.25, 0.3) is 11.1 Å². The van der Waals surface area contributed by atoms with Gasteiger partial charge in [0.2, 0.25) is 0 Å². The Morgan fingerprint density at radius 2 is 1.64 bits per heavy atom. The summed E-state index contributed by atoms with van der Waals surface area (Å²) >= 11 is 0. The maximum absolute atomic E-state index is 9.42. The zero-order valence-electron chi connectivity index (χ0n) is 7.70. The van der Waals surface area contributed by atoms with Gasteiger partial charge in [-0.05, 0) is 40.8 Å². The Labute approximate surface area is 82.6 Å². The molecule has 2 aromatic rings. The quantitative estimate of drug-likeness (QED) is 0.566. The maximum Gasteiger partial charge on any atom is 0.116 e. The van der Waals surface area contributed by atoms with E-state index < -0.39 is 0 Å². The Morgan fingerprint density at radius 3 is 2.57 bits per heavy atom. The number of hydrogen-bond acceptors (Lipinski definition) is 1. The summed E-state index contributed by atoms with van der Waals surface area (Å²) in [5.74, 6) is 0.348. The Morgan fingerprint density at radius 1 is 0.857 bits per heavy atom. The number of fused-ring (bicyclic) bond motifs is 3. The summed E-state index contributed by atoms with van der Waals surface area (Å²) in [6.45, 7) is 0. The van der Waals surface area contributed by atoms with Crippen LogP contribution in [-0.4, -0.2) is 5.11 Å². The first-order valence-electron chi connectivity index (χ1n) is 4.75. The fourth-order valence-electron chi connectivity index (χ4n) is 2.11. The van der Waals surface area contributed by atoms with Crippen molar-refractivity contribution in [3.05, 3.63) is 53.6 Å². The van der Waals surface area contributed by atoms with Gasteiger partial charge in [0.1, 0.15) is 5.75 Å². The second-order valence-corrected chi connectivity index (χ2v) is 3.68. The third-order valence-electron chi connectivity index (χ3n) is 2.78. The highest BCUT2D eigenvalue weighted by Gasteiger charge is 2.17. The molecule has 0 bridgehead atoms. The van der Waals surface area contributed by atoms with E-state index in [1.54, 1.807) is 6.07 Å². The number of rotatable bonds is 0. The second kappa shape index (κ2) is 2.61. The predicted octanol–water partition coefficient (Wildman–Crippen LogP) is 2.96. The second-order valence-electron chi connectivity index (χ2n) is 3.68. The van der Waals surface area contributed by atoms with Gasteiger partial charge in [-0.3, -0.25) is 0 Å². The molecule has 3 rings (SSSR count). The van der Waals surface area contributed by atoms with Crippen molar-refractivity contribution >= 4 is 0 Å². The fraction of sp³-hybridized carbons (Fsp3) is 0.0769. The monoisotopic (exact) mass is 182 g/mol. The van der Waals surface area contributed by atoms with E-state index >= 15 is 0 Å². The molecule has 0 spiro atoms. The van der Waals surface area contributed by atoms with Gasteiger partial charge in [-0.1, -0.05) is 30.3 Å². The Kier molecular flexibility index (Phi) is 1.42. The highest BCUT2D eigenvalue weighted by molar-refractivity contribution is 5.77. The number of aromatic hydroxyl groups is 1. The molecule has 1 aliphatic carbocycles. The molecule has 0 radical (unpaired) electrons. The van der Waals surface area contributed by atoms with Crippen LogP contribution in [0.4, 0.5) is 0 Å². The van der Waals surface area contributed by atoms with Crippen LogP contribution in [-0.2, 0) is 6.42 Å². The molecule has 0 fully saturated rings. The molecule has 0 saturated heterocycles. The Hall–Kier alpha value is -1.76. The van der Waals surface area contributed by atoms with Crippen molar-refractivity contribution in [2.45, 2.75) is 6.42 Å². The lowest BCUT2D eigenvalue weighted by Crippen LogP contribution is -1.78. The smallest absolute Gasteiger partial charge is 0.116 e.